The Morgan fingerprint density at radius 2 is 2.36 bits per heavy atom. The first kappa shape index (κ1) is 17.2. The summed E-state index contributed by atoms with van der Waals surface area (Å²) in [5.74, 6) is 0.109. The number of hydrogen-bond acceptors (Lipinski definition) is 4. The normalized spacial score (nSPS) is 20.0. The average molecular weight is 338 g/mol. The zero-order valence-corrected chi connectivity index (χ0v) is 14.5. The smallest absolute Gasteiger partial charge is 0.251 e. The number of carbonyl (C=O) groups excluding carboxylic acids is 1. The molecule has 1 N–H and O–H groups in total. The molecule has 1 aliphatic rings. The van der Waals surface area contributed by atoms with Gasteiger partial charge in [-0.05, 0) is 43.5 Å². The van der Waals surface area contributed by atoms with Gasteiger partial charge in [0.15, 0.2) is 0 Å². The van der Waals surface area contributed by atoms with Crippen molar-refractivity contribution < 1.29 is 9.53 Å². The van der Waals surface area contributed by atoms with Crippen molar-refractivity contribution in [2.75, 3.05) is 13.2 Å². The minimum atomic E-state index is -0.113. The Kier molecular flexibility index (Phi) is 5.15. The zero-order valence-electron chi connectivity index (χ0n) is 14.5. The van der Waals surface area contributed by atoms with E-state index in [4.69, 9.17) is 10.00 Å². The molecule has 1 saturated heterocycles. The number of nitriles is 1. The predicted octanol–water partition coefficient (Wildman–Crippen LogP) is 2.50. The van der Waals surface area contributed by atoms with E-state index in [2.05, 4.69) is 16.5 Å². The number of amides is 1. The van der Waals surface area contributed by atoms with Crippen molar-refractivity contribution in [1.29, 1.82) is 5.26 Å². The standard InChI is InChI=1S/C19H22N4O2/c1-13-8-14(9-20)5-6-17(13)19(24)21-10-15-4-3-7-25-18(15)16-11-22-23(2)12-16/h5-6,8,11-12,15,18H,3-4,7,10H2,1-2H3,(H,21,24)/t15-,18+/m0/s1. The predicted molar refractivity (Wildman–Crippen MR) is 92.9 cm³/mol. The number of nitrogens with one attached hydrogen (secondary N) is 1. The van der Waals surface area contributed by atoms with Gasteiger partial charge >= 0.3 is 0 Å². The van der Waals surface area contributed by atoms with E-state index < -0.39 is 0 Å². The summed E-state index contributed by atoms with van der Waals surface area (Å²) in [5.41, 5.74) is 3.02. The summed E-state index contributed by atoms with van der Waals surface area (Å²) < 4.78 is 7.71. The number of rotatable bonds is 4. The highest BCUT2D eigenvalue weighted by atomic mass is 16.5. The molecule has 1 aromatic carbocycles. The summed E-state index contributed by atoms with van der Waals surface area (Å²) in [5, 5.41) is 16.2. The Hall–Kier alpha value is -2.65. The molecule has 2 atom stereocenters. The van der Waals surface area contributed by atoms with E-state index in [1.165, 1.54) is 0 Å². The van der Waals surface area contributed by atoms with E-state index >= 15 is 0 Å². The van der Waals surface area contributed by atoms with Crippen LogP contribution < -0.4 is 5.32 Å². The lowest BCUT2D eigenvalue weighted by Crippen LogP contribution is -2.35. The van der Waals surface area contributed by atoms with Gasteiger partial charge in [0.2, 0.25) is 0 Å². The van der Waals surface area contributed by atoms with Crippen LogP contribution in [0.5, 0.6) is 0 Å². The van der Waals surface area contributed by atoms with E-state index in [1.54, 1.807) is 22.9 Å². The second-order valence-electron chi connectivity index (χ2n) is 6.49. The molecule has 0 unspecified atom stereocenters. The number of benzene rings is 1. The van der Waals surface area contributed by atoms with E-state index in [-0.39, 0.29) is 17.9 Å². The first-order chi connectivity index (χ1) is 12.1. The molecule has 25 heavy (non-hydrogen) atoms. The summed E-state index contributed by atoms with van der Waals surface area (Å²) in [6.07, 6.45) is 5.76. The average Bonchev–Trinajstić information content (AvgIpc) is 3.06. The highest BCUT2D eigenvalue weighted by Gasteiger charge is 2.29. The van der Waals surface area contributed by atoms with Crippen LogP contribution in [0, 0.1) is 24.2 Å². The number of aryl methyl sites for hydroxylation is 2. The summed E-state index contributed by atoms with van der Waals surface area (Å²) in [4.78, 5) is 12.5. The Balaban J connectivity index is 1.67. The van der Waals surface area contributed by atoms with Crippen LogP contribution in [-0.4, -0.2) is 28.8 Å². The largest absolute Gasteiger partial charge is 0.373 e. The molecular weight excluding hydrogens is 316 g/mol. The van der Waals surface area contributed by atoms with E-state index in [0.29, 0.717) is 17.7 Å². The third kappa shape index (κ3) is 3.89. The molecule has 1 fully saturated rings. The van der Waals surface area contributed by atoms with Crippen LogP contribution in [0.2, 0.25) is 0 Å². The van der Waals surface area contributed by atoms with Crippen LogP contribution in [0.1, 0.15) is 46.0 Å². The van der Waals surface area contributed by atoms with Crippen molar-refractivity contribution in [2.24, 2.45) is 13.0 Å². The van der Waals surface area contributed by atoms with Gasteiger partial charge in [-0.1, -0.05) is 0 Å². The quantitative estimate of drug-likeness (QED) is 0.929. The highest BCUT2D eigenvalue weighted by Crippen LogP contribution is 2.33. The topological polar surface area (TPSA) is 79.9 Å². The SMILES string of the molecule is Cc1cc(C#N)ccc1C(=O)NC[C@@H]1CCCO[C@H]1c1cnn(C)c1. The lowest BCUT2D eigenvalue weighted by Gasteiger charge is -2.31. The monoisotopic (exact) mass is 338 g/mol. The van der Waals surface area contributed by atoms with E-state index in [0.717, 1.165) is 30.6 Å². The van der Waals surface area contributed by atoms with Crippen molar-refractivity contribution >= 4 is 5.91 Å². The van der Waals surface area contributed by atoms with Crippen LogP contribution in [0.4, 0.5) is 0 Å². The first-order valence-corrected chi connectivity index (χ1v) is 8.47. The second-order valence-corrected chi connectivity index (χ2v) is 6.49. The van der Waals surface area contributed by atoms with Gasteiger partial charge in [0.05, 0.1) is 23.9 Å². The zero-order chi connectivity index (χ0) is 17.8. The van der Waals surface area contributed by atoms with Gasteiger partial charge in [0.1, 0.15) is 0 Å². The molecule has 6 nitrogen and oxygen atoms in total. The van der Waals surface area contributed by atoms with Crippen LogP contribution in [0.25, 0.3) is 0 Å². The maximum atomic E-state index is 12.5. The highest BCUT2D eigenvalue weighted by molar-refractivity contribution is 5.95. The number of ether oxygens (including phenoxy) is 1. The number of aromatic nitrogens is 2. The van der Waals surface area contributed by atoms with Crippen molar-refractivity contribution in [3.63, 3.8) is 0 Å². The molecule has 1 aromatic heterocycles. The Morgan fingerprint density at radius 1 is 1.52 bits per heavy atom. The molecule has 0 saturated carbocycles. The molecule has 130 valence electrons. The molecular formula is C19H22N4O2. The van der Waals surface area contributed by atoms with Crippen molar-refractivity contribution in [2.45, 2.75) is 25.9 Å². The van der Waals surface area contributed by atoms with Gasteiger partial charge in [0, 0.05) is 43.4 Å². The van der Waals surface area contributed by atoms with E-state index in [1.807, 2.05) is 26.4 Å². The summed E-state index contributed by atoms with van der Waals surface area (Å²) in [6, 6.07) is 7.20. The fraction of sp³-hybridized carbons (Fsp3) is 0.421. The number of nitrogens with zero attached hydrogens (tertiary/aromatic N) is 3. The van der Waals surface area contributed by atoms with Crippen LogP contribution >= 0.6 is 0 Å². The maximum Gasteiger partial charge on any atom is 0.251 e. The summed E-state index contributed by atoms with van der Waals surface area (Å²) in [7, 11) is 1.89. The molecule has 1 aliphatic heterocycles. The number of carbonyl (C=O) groups is 1. The molecule has 0 spiro atoms. The fourth-order valence-electron chi connectivity index (χ4n) is 3.31. The third-order valence-corrected chi connectivity index (χ3v) is 4.62. The van der Waals surface area contributed by atoms with Gasteiger partial charge in [-0.3, -0.25) is 9.48 Å². The summed E-state index contributed by atoms with van der Waals surface area (Å²) >= 11 is 0. The van der Waals surface area contributed by atoms with Crippen molar-refractivity contribution in [3.8, 4) is 6.07 Å². The Labute approximate surface area is 147 Å². The van der Waals surface area contributed by atoms with Gasteiger partial charge in [0.25, 0.3) is 5.91 Å². The van der Waals surface area contributed by atoms with Gasteiger partial charge in [-0.25, -0.2) is 0 Å². The second kappa shape index (κ2) is 7.49. The van der Waals surface area contributed by atoms with Crippen molar-refractivity contribution in [1.82, 2.24) is 15.1 Å². The Morgan fingerprint density at radius 3 is 3.04 bits per heavy atom. The minimum absolute atomic E-state index is 0.0372. The van der Waals surface area contributed by atoms with Crippen LogP contribution in [-0.2, 0) is 11.8 Å². The van der Waals surface area contributed by atoms with Crippen LogP contribution in [0.3, 0.4) is 0 Å². The molecule has 0 bridgehead atoms. The first-order valence-electron chi connectivity index (χ1n) is 8.47. The minimum Gasteiger partial charge on any atom is -0.373 e. The lowest BCUT2D eigenvalue weighted by atomic mass is 9.90. The number of hydrogen-bond donors (Lipinski definition) is 1. The molecule has 1 amide bonds. The molecule has 2 aromatic rings. The fourth-order valence-corrected chi connectivity index (χ4v) is 3.31. The molecule has 6 heteroatoms. The third-order valence-electron chi connectivity index (χ3n) is 4.62. The molecule has 0 aliphatic carbocycles. The maximum absolute atomic E-state index is 12.5. The summed E-state index contributed by atoms with van der Waals surface area (Å²) in [6.45, 7) is 3.13. The van der Waals surface area contributed by atoms with Crippen molar-refractivity contribution in [3.05, 3.63) is 52.8 Å². The lowest BCUT2D eigenvalue weighted by molar-refractivity contribution is -0.0273. The van der Waals surface area contributed by atoms with Gasteiger partial charge in [-0.15, -0.1) is 0 Å². The van der Waals surface area contributed by atoms with Gasteiger partial charge in [-0.2, -0.15) is 10.4 Å². The molecule has 0 radical (unpaired) electrons. The van der Waals surface area contributed by atoms with Gasteiger partial charge < -0.3 is 10.1 Å². The Bertz CT molecular complexity index is 806. The van der Waals surface area contributed by atoms with E-state index in [9.17, 15) is 4.79 Å². The molecule has 3 rings (SSSR count). The van der Waals surface area contributed by atoms with Crippen LogP contribution in [0.15, 0.2) is 30.6 Å². The molecule has 2 heterocycles.